The Morgan fingerprint density at radius 3 is 2.75 bits per heavy atom. The number of nitrogens with one attached hydrogen (secondary N) is 1. The Bertz CT molecular complexity index is 793. The quantitative estimate of drug-likeness (QED) is 0.698. The Kier molecular flexibility index (Phi) is 2.96. The fourth-order valence-corrected chi connectivity index (χ4v) is 1.85. The fourth-order valence-electron chi connectivity index (χ4n) is 1.85. The van der Waals surface area contributed by atoms with Crippen molar-refractivity contribution in [2.24, 2.45) is 10.2 Å². The molecule has 6 heteroatoms. The zero-order chi connectivity index (χ0) is 13.9. The SMILES string of the molecule is O=C(N=Nc1c(O)[nH]c2ccccc12)c1ccccn1. The van der Waals surface area contributed by atoms with Gasteiger partial charge in [0, 0.05) is 11.6 Å². The number of nitrogens with zero attached hydrogens (tertiary/aromatic N) is 3. The molecule has 0 unspecified atom stereocenters. The fraction of sp³-hybridized carbons (Fsp3) is 0. The number of benzene rings is 1. The molecule has 0 aliphatic heterocycles. The van der Waals surface area contributed by atoms with Crippen molar-refractivity contribution in [1.29, 1.82) is 0 Å². The first kappa shape index (κ1) is 12.0. The van der Waals surface area contributed by atoms with E-state index in [-0.39, 0.29) is 17.3 Å². The first-order chi connectivity index (χ1) is 9.75. The molecule has 20 heavy (non-hydrogen) atoms. The third-order valence-corrected chi connectivity index (χ3v) is 2.78. The number of hydrogen-bond donors (Lipinski definition) is 2. The summed E-state index contributed by atoms with van der Waals surface area (Å²) in [6.07, 6.45) is 1.51. The van der Waals surface area contributed by atoms with Crippen LogP contribution in [0.4, 0.5) is 5.69 Å². The van der Waals surface area contributed by atoms with Crippen molar-refractivity contribution in [3.05, 3.63) is 54.4 Å². The van der Waals surface area contributed by atoms with Gasteiger partial charge < -0.3 is 10.1 Å². The number of pyridine rings is 1. The smallest absolute Gasteiger partial charge is 0.313 e. The molecular weight excluding hydrogens is 256 g/mol. The Hall–Kier alpha value is -3.02. The second kappa shape index (κ2) is 4.93. The van der Waals surface area contributed by atoms with Gasteiger partial charge in [-0.15, -0.1) is 10.2 Å². The van der Waals surface area contributed by atoms with Crippen molar-refractivity contribution in [3.63, 3.8) is 0 Å². The molecule has 0 radical (unpaired) electrons. The van der Waals surface area contributed by atoms with E-state index in [1.807, 2.05) is 12.1 Å². The lowest BCUT2D eigenvalue weighted by Gasteiger charge is -1.92. The minimum absolute atomic E-state index is 0.122. The molecule has 0 saturated heterocycles. The van der Waals surface area contributed by atoms with Crippen LogP contribution in [0.15, 0.2) is 58.9 Å². The topological polar surface area (TPSA) is 90.7 Å². The van der Waals surface area contributed by atoms with E-state index >= 15 is 0 Å². The van der Waals surface area contributed by atoms with Gasteiger partial charge in [-0.05, 0) is 18.2 Å². The number of para-hydroxylation sites is 1. The molecule has 3 aromatic rings. The molecule has 1 aromatic carbocycles. The van der Waals surface area contributed by atoms with E-state index in [0.29, 0.717) is 5.39 Å². The molecule has 3 rings (SSSR count). The number of H-pyrrole nitrogens is 1. The number of aromatic nitrogens is 2. The van der Waals surface area contributed by atoms with E-state index in [9.17, 15) is 9.90 Å². The standard InChI is InChI=1S/C14H10N4O2/c19-13(11-7-3-4-8-15-11)18-17-12-9-5-1-2-6-10(9)16-14(12)20/h1-8,16,20H. The first-order valence-corrected chi connectivity index (χ1v) is 5.92. The summed E-state index contributed by atoms with van der Waals surface area (Å²) in [7, 11) is 0. The average molecular weight is 266 g/mol. The van der Waals surface area contributed by atoms with Gasteiger partial charge in [0.1, 0.15) is 5.69 Å². The predicted molar refractivity (Wildman–Crippen MR) is 73.0 cm³/mol. The molecule has 0 spiro atoms. The summed E-state index contributed by atoms with van der Waals surface area (Å²) in [5.41, 5.74) is 1.17. The molecule has 1 amide bonds. The third kappa shape index (κ3) is 2.14. The van der Waals surface area contributed by atoms with E-state index in [2.05, 4.69) is 20.2 Å². The number of azo groups is 1. The second-order valence-electron chi connectivity index (χ2n) is 4.09. The minimum atomic E-state index is -0.560. The summed E-state index contributed by atoms with van der Waals surface area (Å²) >= 11 is 0. The van der Waals surface area contributed by atoms with Crippen molar-refractivity contribution in [2.75, 3.05) is 0 Å². The maximum Gasteiger partial charge on any atom is 0.313 e. The molecule has 0 aliphatic rings. The lowest BCUT2D eigenvalue weighted by atomic mass is 10.2. The van der Waals surface area contributed by atoms with E-state index in [4.69, 9.17) is 0 Å². The second-order valence-corrected chi connectivity index (χ2v) is 4.09. The highest BCUT2D eigenvalue weighted by atomic mass is 16.3. The van der Waals surface area contributed by atoms with Crippen LogP contribution in [-0.4, -0.2) is 21.0 Å². The molecule has 0 bridgehead atoms. The van der Waals surface area contributed by atoms with Crippen LogP contribution in [0.25, 0.3) is 10.9 Å². The van der Waals surface area contributed by atoms with Crippen molar-refractivity contribution in [2.45, 2.75) is 0 Å². The van der Waals surface area contributed by atoms with Crippen LogP contribution in [0.1, 0.15) is 10.5 Å². The predicted octanol–water partition coefficient (Wildman–Crippen LogP) is 3.19. The molecule has 98 valence electrons. The Morgan fingerprint density at radius 2 is 1.95 bits per heavy atom. The van der Waals surface area contributed by atoms with Gasteiger partial charge in [0.05, 0.1) is 5.52 Å². The van der Waals surface area contributed by atoms with Gasteiger partial charge >= 0.3 is 5.91 Å². The summed E-state index contributed by atoms with van der Waals surface area (Å²) < 4.78 is 0. The van der Waals surface area contributed by atoms with E-state index in [1.165, 1.54) is 6.20 Å². The molecule has 2 N–H and O–H groups in total. The zero-order valence-corrected chi connectivity index (χ0v) is 10.3. The molecule has 2 aromatic heterocycles. The monoisotopic (exact) mass is 266 g/mol. The normalized spacial score (nSPS) is 11.2. The molecule has 0 aliphatic carbocycles. The minimum Gasteiger partial charge on any atom is -0.493 e. The number of hydrogen-bond acceptors (Lipinski definition) is 4. The number of rotatable bonds is 2. The molecular formula is C14H10N4O2. The molecule has 0 fully saturated rings. The summed E-state index contributed by atoms with van der Waals surface area (Å²) in [4.78, 5) is 18.4. The Morgan fingerprint density at radius 1 is 1.15 bits per heavy atom. The van der Waals surface area contributed by atoms with Crippen LogP contribution in [0, 0.1) is 0 Å². The first-order valence-electron chi connectivity index (χ1n) is 5.92. The van der Waals surface area contributed by atoms with Crippen molar-refractivity contribution < 1.29 is 9.90 Å². The number of carbonyl (C=O) groups is 1. The summed E-state index contributed by atoms with van der Waals surface area (Å²) in [5.74, 6) is -0.681. The maximum atomic E-state index is 11.8. The van der Waals surface area contributed by atoms with Gasteiger partial charge in [-0.2, -0.15) is 0 Å². The summed E-state index contributed by atoms with van der Waals surface area (Å²) in [5, 5.41) is 17.9. The Labute approximate surface area is 113 Å². The molecule has 0 atom stereocenters. The average Bonchev–Trinajstić information content (AvgIpc) is 2.81. The van der Waals surface area contributed by atoms with Crippen LogP contribution in [0.3, 0.4) is 0 Å². The summed E-state index contributed by atoms with van der Waals surface area (Å²) in [6, 6.07) is 12.2. The van der Waals surface area contributed by atoms with Gasteiger partial charge in [-0.25, -0.2) is 0 Å². The van der Waals surface area contributed by atoms with E-state index < -0.39 is 5.91 Å². The van der Waals surface area contributed by atoms with E-state index in [0.717, 1.165) is 5.52 Å². The van der Waals surface area contributed by atoms with E-state index in [1.54, 1.807) is 30.3 Å². The van der Waals surface area contributed by atoms with Gasteiger partial charge in [0.25, 0.3) is 0 Å². The lowest BCUT2D eigenvalue weighted by molar-refractivity contribution is 0.0990. The number of fused-ring (bicyclic) bond motifs is 1. The number of aromatic amines is 1. The van der Waals surface area contributed by atoms with Crippen LogP contribution in [-0.2, 0) is 0 Å². The summed E-state index contributed by atoms with van der Waals surface area (Å²) in [6.45, 7) is 0. The largest absolute Gasteiger partial charge is 0.493 e. The lowest BCUT2D eigenvalue weighted by Crippen LogP contribution is -1.96. The molecule has 0 saturated carbocycles. The van der Waals surface area contributed by atoms with Crippen LogP contribution in [0.5, 0.6) is 5.88 Å². The van der Waals surface area contributed by atoms with Crippen molar-refractivity contribution in [3.8, 4) is 5.88 Å². The zero-order valence-electron chi connectivity index (χ0n) is 10.3. The number of amides is 1. The maximum absolute atomic E-state index is 11.8. The highest BCUT2D eigenvalue weighted by Crippen LogP contribution is 2.35. The van der Waals surface area contributed by atoms with Gasteiger partial charge in [0.2, 0.25) is 5.88 Å². The highest BCUT2D eigenvalue weighted by molar-refractivity contribution is 5.96. The van der Waals surface area contributed by atoms with Crippen LogP contribution < -0.4 is 0 Å². The highest BCUT2D eigenvalue weighted by Gasteiger charge is 2.11. The van der Waals surface area contributed by atoms with Crippen molar-refractivity contribution >= 4 is 22.5 Å². The van der Waals surface area contributed by atoms with Crippen molar-refractivity contribution in [1.82, 2.24) is 9.97 Å². The van der Waals surface area contributed by atoms with Crippen LogP contribution >= 0.6 is 0 Å². The van der Waals surface area contributed by atoms with Gasteiger partial charge in [-0.1, -0.05) is 24.3 Å². The van der Waals surface area contributed by atoms with Gasteiger partial charge in [-0.3, -0.25) is 9.78 Å². The molecule has 6 nitrogen and oxygen atoms in total. The Balaban J connectivity index is 1.95. The van der Waals surface area contributed by atoms with Gasteiger partial charge in [0.15, 0.2) is 5.69 Å². The number of aromatic hydroxyl groups is 1. The molecule has 2 heterocycles. The van der Waals surface area contributed by atoms with Crippen LogP contribution in [0.2, 0.25) is 0 Å². The third-order valence-electron chi connectivity index (χ3n) is 2.78. The number of carbonyl (C=O) groups excluding carboxylic acids is 1.